The van der Waals surface area contributed by atoms with Crippen molar-refractivity contribution in [2.75, 3.05) is 19.7 Å². The van der Waals surface area contributed by atoms with Gasteiger partial charge in [0.1, 0.15) is 0 Å². The number of nitrogens with zero attached hydrogens (tertiary/aromatic N) is 2. The van der Waals surface area contributed by atoms with Gasteiger partial charge in [0.05, 0.1) is 18.2 Å². The number of allylic oxidation sites excluding steroid dienone is 1. The predicted molar refractivity (Wildman–Crippen MR) is 98.5 cm³/mol. The van der Waals surface area contributed by atoms with Crippen LogP contribution in [0.3, 0.4) is 0 Å². The molecule has 1 aliphatic heterocycles. The van der Waals surface area contributed by atoms with Gasteiger partial charge in [-0.3, -0.25) is 0 Å². The van der Waals surface area contributed by atoms with Gasteiger partial charge in [-0.15, -0.1) is 0 Å². The third kappa shape index (κ3) is 4.05. The number of hydrogen-bond acceptors (Lipinski definition) is 5. The molecule has 2 rings (SSSR count). The van der Waals surface area contributed by atoms with E-state index in [1.165, 1.54) is 0 Å². The number of esters is 1. The lowest BCUT2D eigenvalue weighted by Crippen LogP contribution is -2.55. The second-order valence-corrected chi connectivity index (χ2v) is 6.31. The number of carbonyl (C=O) groups is 1. The minimum atomic E-state index is -0.747. The van der Waals surface area contributed by atoms with E-state index in [2.05, 4.69) is 13.8 Å². The van der Waals surface area contributed by atoms with Gasteiger partial charge in [-0.1, -0.05) is 44.2 Å². The fraction of sp³-hybridized carbons (Fsp3) is 0.550. The average molecular weight is 346 g/mol. The highest BCUT2D eigenvalue weighted by atomic mass is 16.5. The Labute approximate surface area is 150 Å². The Balaban J connectivity index is 2.60. The van der Waals surface area contributed by atoms with Gasteiger partial charge >= 0.3 is 5.97 Å². The van der Waals surface area contributed by atoms with Crippen molar-refractivity contribution in [1.82, 2.24) is 9.80 Å². The van der Waals surface area contributed by atoms with Crippen molar-refractivity contribution in [3.8, 4) is 0 Å². The maximum absolute atomic E-state index is 12.8. The molecule has 2 atom stereocenters. The maximum Gasteiger partial charge on any atom is 0.337 e. The fourth-order valence-electron chi connectivity index (χ4n) is 3.49. The molecule has 0 spiro atoms. The van der Waals surface area contributed by atoms with Crippen LogP contribution in [0.5, 0.6) is 0 Å². The van der Waals surface area contributed by atoms with E-state index < -0.39 is 6.35 Å². The quantitative estimate of drug-likeness (QED) is 0.768. The van der Waals surface area contributed by atoms with Crippen molar-refractivity contribution in [3.05, 3.63) is 47.2 Å². The summed E-state index contributed by atoms with van der Waals surface area (Å²) in [6.07, 6.45) is 1.03. The smallest absolute Gasteiger partial charge is 0.337 e. The Bertz CT molecular complexity index is 600. The first-order chi connectivity index (χ1) is 12.1. The van der Waals surface area contributed by atoms with E-state index in [1.54, 1.807) is 0 Å². The van der Waals surface area contributed by atoms with Crippen molar-refractivity contribution < 1.29 is 14.6 Å². The van der Waals surface area contributed by atoms with E-state index in [9.17, 15) is 9.90 Å². The predicted octanol–water partition coefficient (Wildman–Crippen LogP) is 3.28. The summed E-state index contributed by atoms with van der Waals surface area (Å²) in [6.45, 7) is 9.59. The number of aliphatic hydroxyl groups is 1. The number of benzene rings is 1. The summed E-state index contributed by atoms with van der Waals surface area (Å²) in [5.74, 6) is -0.303. The largest absolute Gasteiger partial charge is 0.463 e. The van der Waals surface area contributed by atoms with E-state index in [-0.39, 0.29) is 12.0 Å². The fourth-order valence-corrected chi connectivity index (χ4v) is 3.49. The molecule has 25 heavy (non-hydrogen) atoms. The van der Waals surface area contributed by atoms with E-state index in [1.807, 2.05) is 54.0 Å². The molecule has 0 amide bonds. The molecule has 2 unspecified atom stereocenters. The van der Waals surface area contributed by atoms with E-state index in [0.717, 1.165) is 24.1 Å². The molecule has 0 radical (unpaired) electrons. The van der Waals surface area contributed by atoms with Gasteiger partial charge in [-0.05, 0) is 32.3 Å². The van der Waals surface area contributed by atoms with Crippen LogP contribution in [0.25, 0.3) is 0 Å². The number of aliphatic hydroxyl groups excluding tert-OH is 1. The Kier molecular flexibility index (Phi) is 7.02. The molecule has 0 aromatic heterocycles. The second kappa shape index (κ2) is 9.02. The number of rotatable bonds is 7. The molecule has 1 aromatic carbocycles. The first-order valence-electron chi connectivity index (χ1n) is 9.20. The van der Waals surface area contributed by atoms with Gasteiger partial charge in [0.2, 0.25) is 0 Å². The first-order valence-corrected chi connectivity index (χ1v) is 9.20. The lowest BCUT2D eigenvalue weighted by molar-refractivity contribution is -0.148. The van der Waals surface area contributed by atoms with Crippen molar-refractivity contribution in [2.45, 2.75) is 52.9 Å². The van der Waals surface area contributed by atoms with Crippen LogP contribution in [0.2, 0.25) is 0 Å². The summed E-state index contributed by atoms with van der Waals surface area (Å²) in [7, 11) is 0. The summed E-state index contributed by atoms with van der Waals surface area (Å²) in [4.78, 5) is 16.7. The van der Waals surface area contributed by atoms with Gasteiger partial charge in [0.15, 0.2) is 6.35 Å². The van der Waals surface area contributed by atoms with E-state index >= 15 is 0 Å². The van der Waals surface area contributed by atoms with Crippen molar-refractivity contribution in [1.29, 1.82) is 0 Å². The molecule has 0 saturated heterocycles. The third-order valence-electron chi connectivity index (χ3n) is 4.56. The number of ether oxygens (including phenoxy) is 1. The van der Waals surface area contributed by atoms with E-state index in [4.69, 9.17) is 4.74 Å². The first kappa shape index (κ1) is 19.5. The van der Waals surface area contributed by atoms with Crippen LogP contribution in [0.15, 0.2) is 41.6 Å². The van der Waals surface area contributed by atoms with E-state index in [0.29, 0.717) is 25.3 Å². The Morgan fingerprint density at radius 1 is 1.12 bits per heavy atom. The monoisotopic (exact) mass is 346 g/mol. The van der Waals surface area contributed by atoms with Crippen molar-refractivity contribution in [3.63, 3.8) is 0 Å². The molecular formula is C20H30N2O3. The molecule has 1 N–H and O–H groups in total. The summed E-state index contributed by atoms with van der Waals surface area (Å²) in [6, 6.07) is 9.58. The second-order valence-electron chi connectivity index (χ2n) is 6.31. The minimum absolute atomic E-state index is 0.302. The van der Waals surface area contributed by atoms with Crippen LogP contribution in [0.4, 0.5) is 0 Å². The molecule has 0 aliphatic carbocycles. The Morgan fingerprint density at radius 3 is 2.32 bits per heavy atom. The molecule has 0 saturated carbocycles. The lowest BCUT2D eigenvalue weighted by atomic mass is 9.92. The summed E-state index contributed by atoms with van der Waals surface area (Å²) in [5.41, 5.74) is 2.42. The van der Waals surface area contributed by atoms with Crippen LogP contribution in [-0.4, -0.2) is 46.9 Å². The summed E-state index contributed by atoms with van der Waals surface area (Å²) >= 11 is 0. The zero-order valence-corrected chi connectivity index (χ0v) is 15.7. The van der Waals surface area contributed by atoms with Gasteiger partial charge in [0.25, 0.3) is 0 Å². The normalized spacial score (nSPS) is 21.6. The molecule has 0 fully saturated rings. The molecule has 1 heterocycles. The molecule has 138 valence electrons. The number of hydrogen-bond donors (Lipinski definition) is 1. The van der Waals surface area contributed by atoms with Crippen molar-refractivity contribution in [2.24, 2.45) is 0 Å². The van der Waals surface area contributed by atoms with Crippen LogP contribution in [-0.2, 0) is 9.53 Å². The van der Waals surface area contributed by atoms with Crippen molar-refractivity contribution >= 4 is 5.97 Å². The van der Waals surface area contributed by atoms with Crippen LogP contribution >= 0.6 is 0 Å². The zero-order chi connectivity index (χ0) is 18.4. The Hall–Kier alpha value is -1.85. The molecule has 5 nitrogen and oxygen atoms in total. The highest BCUT2D eigenvalue weighted by Crippen LogP contribution is 2.39. The van der Waals surface area contributed by atoms with Crippen LogP contribution < -0.4 is 0 Å². The third-order valence-corrected chi connectivity index (χ3v) is 4.56. The zero-order valence-electron chi connectivity index (χ0n) is 15.7. The molecule has 1 aliphatic rings. The lowest BCUT2D eigenvalue weighted by Gasteiger charge is -2.47. The molecular weight excluding hydrogens is 316 g/mol. The number of carbonyl (C=O) groups excluding carboxylic acids is 1. The van der Waals surface area contributed by atoms with Gasteiger partial charge < -0.3 is 14.7 Å². The van der Waals surface area contributed by atoms with Gasteiger partial charge in [-0.2, -0.15) is 0 Å². The highest BCUT2D eigenvalue weighted by molar-refractivity contribution is 5.91. The summed E-state index contributed by atoms with van der Waals surface area (Å²) < 4.78 is 5.36. The Morgan fingerprint density at radius 2 is 1.76 bits per heavy atom. The molecule has 5 heteroatoms. The van der Waals surface area contributed by atoms with Gasteiger partial charge in [0, 0.05) is 18.8 Å². The highest BCUT2D eigenvalue weighted by Gasteiger charge is 2.41. The SMILES string of the molecule is CCCN1C(C)=C(C(=O)OCC)C(c2ccccc2)N(CCC)C1O. The van der Waals surface area contributed by atoms with Gasteiger partial charge in [-0.25, -0.2) is 9.69 Å². The minimum Gasteiger partial charge on any atom is -0.463 e. The molecule has 0 bridgehead atoms. The standard InChI is InChI=1S/C20H30N2O3/c1-5-13-21-15(4)17(19(23)25-7-3)18(16-11-9-8-10-12-16)22(14-6-2)20(21)24/h8-12,18,20,24H,5-7,13-14H2,1-4H3. The maximum atomic E-state index is 12.8. The van der Waals surface area contributed by atoms with Crippen LogP contribution in [0, 0.1) is 0 Å². The average Bonchev–Trinajstić information content (AvgIpc) is 2.61. The van der Waals surface area contributed by atoms with Crippen LogP contribution in [0.1, 0.15) is 52.1 Å². The summed E-state index contributed by atoms with van der Waals surface area (Å²) in [5, 5.41) is 11.0. The topological polar surface area (TPSA) is 53.0 Å². The molecule has 1 aromatic rings.